The molecule has 0 aromatic rings. The van der Waals surface area contributed by atoms with E-state index in [2.05, 4.69) is 118 Å². The molecule has 0 heterocycles. The second kappa shape index (κ2) is 45.0. The summed E-state index contributed by atoms with van der Waals surface area (Å²) in [5.74, 6) is -1.03. The highest BCUT2D eigenvalue weighted by Crippen LogP contribution is 2.11. The number of ether oxygens (including phenoxy) is 3. The molecule has 6 nitrogen and oxygen atoms in total. The summed E-state index contributed by atoms with van der Waals surface area (Å²) in [5, 5.41) is 0. The Kier molecular flexibility index (Phi) is 42.1. The summed E-state index contributed by atoms with van der Waals surface area (Å²) >= 11 is 0. The smallest absolute Gasteiger partial charge is 0.306 e. The fourth-order valence-corrected chi connectivity index (χ4v) is 5.69. The number of hydrogen-bond donors (Lipinski definition) is 0. The molecule has 322 valence electrons. The molecule has 0 aliphatic heterocycles. The summed E-state index contributed by atoms with van der Waals surface area (Å²) in [4.78, 5) is 37.6. The molecule has 0 saturated carbocycles. The zero-order chi connectivity index (χ0) is 41.5. The van der Waals surface area contributed by atoms with E-state index in [1.807, 2.05) is 0 Å². The Labute approximate surface area is 349 Å². The van der Waals surface area contributed by atoms with Crippen molar-refractivity contribution >= 4 is 17.9 Å². The molecule has 0 aliphatic carbocycles. The van der Waals surface area contributed by atoms with Crippen LogP contribution in [0.4, 0.5) is 0 Å². The fourth-order valence-electron chi connectivity index (χ4n) is 5.69. The Morgan fingerprint density at radius 3 is 1.16 bits per heavy atom. The minimum atomic E-state index is -0.818. The number of carbonyl (C=O) groups excluding carboxylic acids is 3. The van der Waals surface area contributed by atoms with Gasteiger partial charge in [-0.05, 0) is 103 Å². The lowest BCUT2D eigenvalue weighted by atomic mass is 10.1. The Morgan fingerprint density at radius 2 is 0.702 bits per heavy atom. The molecule has 0 aromatic heterocycles. The van der Waals surface area contributed by atoms with Gasteiger partial charge in [0.05, 0.1) is 0 Å². The SMILES string of the molecule is CC/C=C\C/C=C\C/C=C\C/C=C\CCCCCCCCC(=O)OCC(COC(=O)CCC/C=C\CCCCCC)OC(=O)CCC/C=C\C/C=C\C/C=C\CC. The maximum Gasteiger partial charge on any atom is 0.306 e. The minimum Gasteiger partial charge on any atom is -0.462 e. The van der Waals surface area contributed by atoms with E-state index in [1.165, 1.54) is 38.5 Å². The van der Waals surface area contributed by atoms with Gasteiger partial charge in [0.1, 0.15) is 13.2 Å². The summed E-state index contributed by atoms with van der Waals surface area (Å²) < 4.78 is 16.6. The van der Waals surface area contributed by atoms with E-state index >= 15 is 0 Å². The highest BCUT2D eigenvalue weighted by molar-refractivity contribution is 5.71. The molecule has 0 rings (SSSR count). The molecule has 0 bridgehead atoms. The standard InChI is InChI=1S/C51H82O6/c1-4-7-10-13-16-19-21-22-23-24-25-26-27-28-30-32-35-38-41-44-50(53)56-47-48(46-55-49(52)43-40-37-34-31-18-15-12-9-6-3)57-51(54)45-42-39-36-33-29-20-17-14-11-8-5-2/h7-8,10-11,16-17,19-20,22-23,25-26,31,33-34,36,48H,4-6,9,12-15,18,21,24,27-30,32,35,37-47H2,1-3H3/b10-7-,11-8-,19-16-,20-17-,23-22-,26-25-,34-31-,36-33-. The van der Waals surface area contributed by atoms with Gasteiger partial charge in [0.25, 0.3) is 0 Å². The van der Waals surface area contributed by atoms with E-state index in [-0.39, 0.29) is 37.5 Å². The Hall–Kier alpha value is -3.67. The summed E-state index contributed by atoms with van der Waals surface area (Å²) in [5.41, 5.74) is 0. The first-order chi connectivity index (χ1) is 28.0. The first kappa shape index (κ1) is 53.3. The molecule has 0 radical (unpaired) electrons. The van der Waals surface area contributed by atoms with Gasteiger partial charge in [-0.15, -0.1) is 0 Å². The normalized spacial score (nSPS) is 13.0. The van der Waals surface area contributed by atoms with Gasteiger partial charge in [0, 0.05) is 19.3 Å². The van der Waals surface area contributed by atoms with Crippen molar-refractivity contribution in [3.05, 3.63) is 97.2 Å². The third kappa shape index (κ3) is 43.3. The zero-order valence-electron chi connectivity index (χ0n) is 36.6. The van der Waals surface area contributed by atoms with Crippen LogP contribution < -0.4 is 0 Å². The maximum atomic E-state index is 12.7. The first-order valence-electron chi connectivity index (χ1n) is 22.7. The van der Waals surface area contributed by atoms with Gasteiger partial charge in [-0.3, -0.25) is 14.4 Å². The van der Waals surface area contributed by atoms with Crippen molar-refractivity contribution in [3.8, 4) is 0 Å². The van der Waals surface area contributed by atoms with Crippen LogP contribution in [0.1, 0.15) is 188 Å². The molecule has 1 unspecified atom stereocenters. The summed E-state index contributed by atoms with van der Waals surface area (Å²) in [6.07, 6.45) is 58.4. The van der Waals surface area contributed by atoms with E-state index in [4.69, 9.17) is 14.2 Å². The Balaban J connectivity index is 4.42. The Morgan fingerprint density at radius 1 is 0.368 bits per heavy atom. The van der Waals surface area contributed by atoms with Crippen LogP contribution in [0.3, 0.4) is 0 Å². The van der Waals surface area contributed by atoms with Crippen molar-refractivity contribution in [1.29, 1.82) is 0 Å². The number of carbonyl (C=O) groups is 3. The van der Waals surface area contributed by atoms with Crippen LogP contribution in [0.2, 0.25) is 0 Å². The van der Waals surface area contributed by atoms with Gasteiger partial charge in [-0.2, -0.15) is 0 Å². The van der Waals surface area contributed by atoms with Gasteiger partial charge >= 0.3 is 17.9 Å². The van der Waals surface area contributed by atoms with Crippen molar-refractivity contribution < 1.29 is 28.6 Å². The molecular formula is C51H82O6. The summed E-state index contributed by atoms with van der Waals surface area (Å²) in [6.45, 7) is 6.25. The van der Waals surface area contributed by atoms with Crippen LogP contribution in [-0.2, 0) is 28.6 Å². The summed E-state index contributed by atoms with van der Waals surface area (Å²) in [7, 11) is 0. The van der Waals surface area contributed by atoms with Crippen LogP contribution in [0.5, 0.6) is 0 Å². The lowest BCUT2D eigenvalue weighted by Crippen LogP contribution is -2.30. The van der Waals surface area contributed by atoms with Crippen LogP contribution in [0.15, 0.2) is 97.2 Å². The molecule has 0 N–H and O–H groups in total. The lowest BCUT2D eigenvalue weighted by Gasteiger charge is -2.18. The number of hydrogen-bond acceptors (Lipinski definition) is 6. The average molecular weight is 791 g/mol. The maximum absolute atomic E-state index is 12.7. The van der Waals surface area contributed by atoms with Crippen LogP contribution in [-0.4, -0.2) is 37.2 Å². The topological polar surface area (TPSA) is 78.9 Å². The first-order valence-corrected chi connectivity index (χ1v) is 22.7. The fraction of sp³-hybridized carbons (Fsp3) is 0.627. The van der Waals surface area contributed by atoms with Crippen LogP contribution in [0, 0.1) is 0 Å². The molecule has 0 amide bonds. The summed E-state index contributed by atoms with van der Waals surface area (Å²) in [6, 6.07) is 0. The average Bonchev–Trinajstić information content (AvgIpc) is 3.21. The number of esters is 3. The number of unbranched alkanes of at least 4 members (excludes halogenated alkanes) is 12. The highest BCUT2D eigenvalue weighted by atomic mass is 16.6. The minimum absolute atomic E-state index is 0.115. The van der Waals surface area contributed by atoms with E-state index in [0.717, 1.165) is 96.3 Å². The van der Waals surface area contributed by atoms with E-state index < -0.39 is 6.10 Å². The molecule has 0 aliphatic rings. The molecule has 57 heavy (non-hydrogen) atoms. The van der Waals surface area contributed by atoms with Gasteiger partial charge in [-0.25, -0.2) is 0 Å². The quantitative estimate of drug-likeness (QED) is 0.0267. The lowest BCUT2D eigenvalue weighted by molar-refractivity contribution is -0.167. The third-order valence-electron chi connectivity index (χ3n) is 9.05. The van der Waals surface area contributed by atoms with Crippen LogP contribution in [0.25, 0.3) is 0 Å². The van der Waals surface area contributed by atoms with Gasteiger partial charge in [-0.1, -0.05) is 163 Å². The third-order valence-corrected chi connectivity index (χ3v) is 9.05. The van der Waals surface area contributed by atoms with Gasteiger partial charge in [0.2, 0.25) is 0 Å². The highest BCUT2D eigenvalue weighted by Gasteiger charge is 2.19. The van der Waals surface area contributed by atoms with Crippen molar-refractivity contribution in [2.24, 2.45) is 0 Å². The predicted octanol–water partition coefficient (Wildman–Crippen LogP) is 14.6. The van der Waals surface area contributed by atoms with Gasteiger partial charge in [0.15, 0.2) is 6.10 Å². The Bertz CT molecular complexity index is 1180. The van der Waals surface area contributed by atoms with Gasteiger partial charge < -0.3 is 14.2 Å². The van der Waals surface area contributed by atoms with Crippen LogP contribution >= 0.6 is 0 Å². The molecule has 0 fully saturated rings. The van der Waals surface area contributed by atoms with Crippen molar-refractivity contribution in [2.45, 2.75) is 194 Å². The second-order valence-electron chi connectivity index (χ2n) is 14.5. The monoisotopic (exact) mass is 791 g/mol. The second-order valence-corrected chi connectivity index (χ2v) is 14.5. The number of allylic oxidation sites excluding steroid dienone is 16. The largest absolute Gasteiger partial charge is 0.462 e. The molecule has 1 atom stereocenters. The zero-order valence-corrected chi connectivity index (χ0v) is 36.6. The van der Waals surface area contributed by atoms with E-state index in [0.29, 0.717) is 25.7 Å². The van der Waals surface area contributed by atoms with E-state index in [9.17, 15) is 14.4 Å². The van der Waals surface area contributed by atoms with Crippen molar-refractivity contribution in [3.63, 3.8) is 0 Å². The number of rotatable bonds is 39. The van der Waals surface area contributed by atoms with E-state index in [1.54, 1.807) is 0 Å². The molecule has 6 heteroatoms. The molecule has 0 saturated heterocycles. The molecular weight excluding hydrogens is 709 g/mol. The molecule has 0 aromatic carbocycles. The predicted molar refractivity (Wildman–Crippen MR) is 242 cm³/mol. The van der Waals surface area contributed by atoms with Crippen molar-refractivity contribution in [2.75, 3.05) is 13.2 Å². The van der Waals surface area contributed by atoms with Crippen molar-refractivity contribution in [1.82, 2.24) is 0 Å². The molecule has 0 spiro atoms.